The number of rotatable bonds is 6. The van der Waals surface area contributed by atoms with E-state index in [4.69, 9.17) is 4.74 Å². The minimum absolute atomic E-state index is 0.176. The van der Waals surface area contributed by atoms with E-state index in [9.17, 15) is 14.7 Å². The summed E-state index contributed by atoms with van der Waals surface area (Å²) >= 11 is 0. The topological polar surface area (TPSA) is 63.6 Å². The molecule has 0 fully saturated rings. The van der Waals surface area contributed by atoms with Gasteiger partial charge in [0, 0.05) is 11.6 Å². The molecule has 0 aromatic heterocycles. The van der Waals surface area contributed by atoms with E-state index in [0.717, 1.165) is 0 Å². The Morgan fingerprint density at radius 2 is 1.58 bits per heavy atom. The Hall–Kier alpha value is -2.88. The van der Waals surface area contributed by atoms with Crippen molar-refractivity contribution in [2.75, 3.05) is 0 Å². The number of aromatic hydroxyl groups is 1. The molecular formula is C20H22O4. The number of hydrogen-bond acceptors (Lipinski definition) is 4. The molecule has 0 aliphatic carbocycles. The number of aryl methyl sites for hydroxylation is 1. The van der Waals surface area contributed by atoms with E-state index in [1.807, 2.05) is 13.8 Å². The maximum Gasteiger partial charge on any atom is 0.336 e. The third-order valence-electron chi connectivity index (χ3n) is 3.23. The van der Waals surface area contributed by atoms with Crippen molar-refractivity contribution in [2.24, 2.45) is 0 Å². The minimum atomic E-state index is -0.550. The van der Waals surface area contributed by atoms with Gasteiger partial charge in [-0.2, -0.15) is 0 Å². The average Bonchev–Trinajstić information content (AvgIpc) is 2.55. The van der Waals surface area contributed by atoms with Crippen molar-refractivity contribution in [3.8, 4) is 11.5 Å². The number of carbonyl (C=O) groups excluding carboxylic acids is 2. The summed E-state index contributed by atoms with van der Waals surface area (Å²) in [5.41, 5.74) is 1.13. The Morgan fingerprint density at radius 3 is 2.17 bits per heavy atom. The molecule has 0 bridgehead atoms. The molecule has 0 saturated heterocycles. The number of carbonyl (C=O) groups is 2. The van der Waals surface area contributed by atoms with E-state index in [1.54, 1.807) is 50.3 Å². The van der Waals surface area contributed by atoms with Gasteiger partial charge in [0.15, 0.2) is 5.78 Å². The molecule has 1 aromatic rings. The highest BCUT2D eigenvalue weighted by Gasteiger charge is 2.18. The predicted octanol–water partition coefficient (Wildman–Crippen LogP) is 4.36. The van der Waals surface area contributed by atoms with Crippen LogP contribution in [0.15, 0.2) is 54.7 Å². The van der Waals surface area contributed by atoms with Gasteiger partial charge in [-0.1, -0.05) is 36.5 Å². The van der Waals surface area contributed by atoms with Gasteiger partial charge in [0.2, 0.25) is 0 Å². The van der Waals surface area contributed by atoms with Crippen LogP contribution >= 0.6 is 0 Å². The number of esters is 1. The Morgan fingerprint density at radius 1 is 1.00 bits per heavy atom. The lowest BCUT2D eigenvalue weighted by molar-refractivity contribution is -0.129. The summed E-state index contributed by atoms with van der Waals surface area (Å²) in [4.78, 5) is 23.9. The lowest BCUT2D eigenvalue weighted by Gasteiger charge is -2.13. The van der Waals surface area contributed by atoms with E-state index in [0.29, 0.717) is 11.1 Å². The third-order valence-corrected chi connectivity index (χ3v) is 3.23. The van der Waals surface area contributed by atoms with Crippen molar-refractivity contribution in [2.45, 2.75) is 27.7 Å². The van der Waals surface area contributed by atoms with Crippen LogP contribution in [-0.4, -0.2) is 16.9 Å². The molecule has 0 heterocycles. The molecule has 126 valence electrons. The summed E-state index contributed by atoms with van der Waals surface area (Å²) in [5.74, 6) is -0.791. The molecule has 0 spiro atoms. The fourth-order valence-corrected chi connectivity index (χ4v) is 2.02. The van der Waals surface area contributed by atoms with Crippen LogP contribution in [0.25, 0.3) is 0 Å². The summed E-state index contributed by atoms with van der Waals surface area (Å²) in [7, 11) is 0. The lowest BCUT2D eigenvalue weighted by Crippen LogP contribution is -2.08. The van der Waals surface area contributed by atoms with Crippen LogP contribution in [0.2, 0.25) is 0 Å². The van der Waals surface area contributed by atoms with Crippen LogP contribution in [0.4, 0.5) is 0 Å². The highest BCUT2D eigenvalue weighted by Crippen LogP contribution is 2.34. The van der Waals surface area contributed by atoms with E-state index in [-0.39, 0.29) is 22.8 Å². The highest BCUT2D eigenvalue weighted by molar-refractivity contribution is 6.07. The normalized spacial score (nSPS) is 12.0. The third kappa shape index (κ3) is 5.09. The number of phenolic OH excluding ortho intramolecular Hbond substituents is 1. The molecule has 0 unspecified atom stereocenters. The lowest BCUT2D eigenvalue weighted by atomic mass is 10.0. The van der Waals surface area contributed by atoms with Gasteiger partial charge in [0.05, 0.1) is 5.56 Å². The van der Waals surface area contributed by atoms with Crippen molar-refractivity contribution in [3.05, 3.63) is 71.4 Å². The van der Waals surface area contributed by atoms with E-state index >= 15 is 0 Å². The average molecular weight is 326 g/mol. The number of ether oxygens (including phenoxy) is 1. The Bertz CT molecular complexity index is 734. The molecule has 1 aromatic carbocycles. The van der Waals surface area contributed by atoms with Crippen molar-refractivity contribution >= 4 is 11.8 Å². The van der Waals surface area contributed by atoms with Crippen molar-refractivity contribution in [3.63, 3.8) is 0 Å². The molecule has 4 heteroatoms. The first-order valence-electron chi connectivity index (χ1n) is 7.60. The fourth-order valence-electron chi connectivity index (χ4n) is 2.02. The first-order valence-corrected chi connectivity index (χ1v) is 7.60. The fraction of sp³-hybridized carbons (Fsp3) is 0.200. The molecule has 0 aliphatic rings. The first kappa shape index (κ1) is 19.2. The first-order chi connectivity index (χ1) is 11.4. The summed E-state index contributed by atoms with van der Waals surface area (Å²) in [5, 5.41) is 10.3. The Kier molecular flexibility index (Phi) is 7.43. The van der Waals surface area contributed by atoms with Gasteiger partial charge in [-0.25, -0.2) is 4.79 Å². The zero-order chi connectivity index (χ0) is 18.1. The predicted molar refractivity (Wildman–Crippen MR) is 95.5 cm³/mol. The highest BCUT2D eigenvalue weighted by atomic mass is 16.5. The molecular weight excluding hydrogens is 304 g/mol. The Labute approximate surface area is 142 Å². The Balaban J connectivity index is 3.13. The van der Waals surface area contributed by atoms with Crippen LogP contribution < -0.4 is 4.74 Å². The maximum atomic E-state index is 12.1. The number of allylic oxidation sites excluding steroid dienone is 7. The molecule has 0 radical (unpaired) electrons. The number of benzene rings is 1. The molecule has 4 nitrogen and oxygen atoms in total. The number of phenols is 1. The number of hydrogen-bond donors (Lipinski definition) is 1. The van der Waals surface area contributed by atoms with Crippen molar-refractivity contribution < 1.29 is 19.4 Å². The molecule has 1 N–H and O–H groups in total. The second kappa shape index (κ2) is 9.30. The molecule has 1 rings (SSSR count). The number of ketones is 1. The van der Waals surface area contributed by atoms with Crippen molar-refractivity contribution in [1.29, 1.82) is 0 Å². The monoisotopic (exact) mass is 326 g/mol. The largest absolute Gasteiger partial charge is 0.507 e. The van der Waals surface area contributed by atoms with Gasteiger partial charge >= 0.3 is 5.97 Å². The van der Waals surface area contributed by atoms with Gasteiger partial charge < -0.3 is 9.84 Å². The second-order valence-electron chi connectivity index (χ2n) is 5.10. The van der Waals surface area contributed by atoms with Gasteiger partial charge in [0.1, 0.15) is 11.5 Å². The standard InChI is InChI=1S/C20H22O4/c1-5-7-9-11-17(21)16-13-14(3)20(15(4)19(16)23)24-18(22)12-10-8-6-2/h5-13,23H,1-4H3/b7-5+,8-6+,11-9+,12-10+. The smallest absolute Gasteiger partial charge is 0.336 e. The zero-order valence-electron chi connectivity index (χ0n) is 14.4. The van der Waals surface area contributed by atoms with Crippen LogP contribution in [0, 0.1) is 13.8 Å². The molecule has 0 aliphatic heterocycles. The molecule has 0 saturated carbocycles. The van der Waals surface area contributed by atoms with Crippen LogP contribution in [0.1, 0.15) is 35.3 Å². The van der Waals surface area contributed by atoms with Crippen LogP contribution in [0.3, 0.4) is 0 Å². The van der Waals surface area contributed by atoms with Gasteiger partial charge in [-0.15, -0.1) is 0 Å². The van der Waals surface area contributed by atoms with E-state index < -0.39 is 5.97 Å². The van der Waals surface area contributed by atoms with Gasteiger partial charge in [-0.3, -0.25) is 4.79 Å². The quantitative estimate of drug-likeness (QED) is 0.277. The zero-order valence-corrected chi connectivity index (χ0v) is 14.4. The molecule has 0 amide bonds. The summed E-state index contributed by atoms with van der Waals surface area (Å²) in [6.07, 6.45) is 12.8. The van der Waals surface area contributed by atoms with Crippen molar-refractivity contribution in [1.82, 2.24) is 0 Å². The minimum Gasteiger partial charge on any atom is -0.507 e. The maximum absolute atomic E-state index is 12.1. The van der Waals surface area contributed by atoms with E-state index in [2.05, 4.69) is 0 Å². The summed E-state index contributed by atoms with van der Waals surface area (Å²) in [6, 6.07) is 1.52. The summed E-state index contributed by atoms with van der Waals surface area (Å²) < 4.78 is 5.28. The summed E-state index contributed by atoms with van der Waals surface area (Å²) in [6.45, 7) is 7.00. The SMILES string of the molecule is C/C=C/C=C/C(=O)Oc1c(C)cc(C(=O)/C=C/C=C/C)c(O)c1C. The van der Waals surface area contributed by atoms with Crippen LogP contribution in [0.5, 0.6) is 11.5 Å². The van der Waals surface area contributed by atoms with Gasteiger partial charge in [-0.05, 0) is 45.4 Å². The second-order valence-corrected chi connectivity index (χ2v) is 5.10. The van der Waals surface area contributed by atoms with Gasteiger partial charge in [0.25, 0.3) is 0 Å². The van der Waals surface area contributed by atoms with E-state index in [1.165, 1.54) is 18.2 Å². The molecule has 0 atom stereocenters. The van der Waals surface area contributed by atoms with Crippen LogP contribution in [-0.2, 0) is 4.79 Å². The molecule has 24 heavy (non-hydrogen) atoms.